The molecule has 0 fully saturated rings. The quantitative estimate of drug-likeness (QED) is 0.749. The van der Waals surface area contributed by atoms with Gasteiger partial charge in [0, 0.05) is 6.04 Å². The second kappa shape index (κ2) is 9.35. The van der Waals surface area contributed by atoms with Crippen LogP contribution in [0.15, 0.2) is 60.7 Å². The molecule has 1 atom stereocenters. The summed E-state index contributed by atoms with van der Waals surface area (Å²) >= 11 is 0. The van der Waals surface area contributed by atoms with Gasteiger partial charge in [-0.1, -0.05) is 74.5 Å². The number of benzene rings is 2. The number of aryl methyl sites for hydroxylation is 1. The summed E-state index contributed by atoms with van der Waals surface area (Å²) in [5.74, 6) is 0. The first-order valence-corrected chi connectivity index (χ1v) is 7.18. The van der Waals surface area contributed by atoms with Crippen LogP contribution in [0, 0.1) is 0 Å². The Labute approximate surface area is 117 Å². The Kier molecular flexibility index (Phi) is 7.60. The summed E-state index contributed by atoms with van der Waals surface area (Å²) < 4.78 is 0. The van der Waals surface area contributed by atoms with E-state index in [0.29, 0.717) is 6.04 Å². The van der Waals surface area contributed by atoms with E-state index in [9.17, 15) is 0 Å². The van der Waals surface area contributed by atoms with Crippen LogP contribution in [-0.2, 0) is 12.8 Å². The van der Waals surface area contributed by atoms with Gasteiger partial charge < -0.3 is 5.73 Å². The zero-order chi connectivity index (χ0) is 13.9. The van der Waals surface area contributed by atoms with Crippen LogP contribution in [-0.4, -0.2) is 6.04 Å². The summed E-state index contributed by atoms with van der Waals surface area (Å²) in [5.41, 5.74) is 8.79. The minimum Gasteiger partial charge on any atom is -0.327 e. The lowest BCUT2D eigenvalue weighted by Crippen LogP contribution is -2.27. The molecule has 0 aromatic heterocycles. The third kappa shape index (κ3) is 5.71. The third-order valence-corrected chi connectivity index (χ3v) is 3.05. The summed E-state index contributed by atoms with van der Waals surface area (Å²) in [4.78, 5) is 0. The molecule has 1 unspecified atom stereocenters. The summed E-state index contributed by atoms with van der Waals surface area (Å²) in [6.07, 6.45) is 3.38. The minimum absolute atomic E-state index is 0.393. The van der Waals surface area contributed by atoms with Gasteiger partial charge in [0.1, 0.15) is 0 Å². The Morgan fingerprint density at radius 2 is 1.26 bits per heavy atom. The van der Waals surface area contributed by atoms with E-state index in [1.165, 1.54) is 11.1 Å². The zero-order valence-corrected chi connectivity index (χ0v) is 12.0. The van der Waals surface area contributed by atoms with Crippen LogP contribution in [0.5, 0.6) is 0 Å². The molecule has 1 aliphatic carbocycles. The highest BCUT2D eigenvalue weighted by molar-refractivity contribution is 5.30. The molecular weight excluding hydrogens is 230 g/mol. The molecule has 0 radical (unpaired) electrons. The molecule has 0 bridgehead atoms. The van der Waals surface area contributed by atoms with Crippen LogP contribution in [0.2, 0.25) is 0 Å². The number of fused-ring (bicyclic) bond motifs is 1. The number of hydrogen-bond donors (Lipinski definition) is 1. The molecular formula is C18H25N. The largest absolute Gasteiger partial charge is 0.327 e. The lowest BCUT2D eigenvalue weighted by molar-refractivity contribution is 0.576. The number of hydrogen-bond acceptors (Lipinski definition) is 1. The summed E-state index contributed by atoms with van der Waals surface area (Å²) in [5, 5.41) is 0. The van der Waals surface area contributed by atoms with Crippen molar-refractivity contribution >= 4 is 0 Å². The Morgan fingerprint density at radius 1 is 0.789 bits per heavy atom. The SMILES string of the molecule is CC.NC1CCc2ccccc2C1.c1ccccc1. The maximum Gasteiger partial charge on any atom is 0.00825 e. The molecule has 1 heteroatoms. The molecule has 0 saturated heterocycles. The van der Waals surface area contributed by atoms with Crippen molar-refractivity contribution in [1.82, 2.24) is 0 Å². The van der Waals surface area contributed by atoms with Gasteiger partial charge in [-0.15, -0.1) is 0 Å². The molecule has 1 nitrogen and oxygen atoms in total. The fraction of sp³-hybridized carbons (Fsp3) is 0.333. The fourth-order valence-electron chi connectivity index (χ4n) is 2.11. The van der Waals surface area contributed by atoms with E-state index in [-0.39, 0.29) is 0 Å². The van der Waals surface area contributed by atoms with Gasteiger partial charge in [-0.05, 0) is 30.4 Å². The summed E-state index contributed by atoms with van der Waals surface area (Å²) in [6.45, 7) is 4.00. The van der Waals surface area contributed by atoms with Crippen LogP contribution in [0.25, 0.3) is 0 Å². The van der Waals surface area contributed by atoms with Crippen molar-refractivity contribution in [2.75, 3.05) is 0 Å². The number of rotatable bonds is 0. The second-order valence-electron chi connectivity index (χ2n) is 4.43. The minimum atomic E-state index is 0.393. The van der Waals surface area contributed by atoms with E-state index in [1.807, 2.05) is 50.2 Å². The maximum atomic E-state index is 5.85. The van der Waals surface area contributed by atoms with Crippen LogP contribution < -0.4 is 5.73 Å². The van der Waals surface area contributed by atoms with Crippen molar-refractivity contribution in [3.8, 4) is 0 Å². The maximum absolute atomic E-state index is 5.85. The molecule has 0 saturated carbocycles. The topological polar surface area (TPSA) is 26.0 Å². The van der Waals surface area contributed by atoms with Crippen LogP contribution in [0.4, 0.5) is 0 Å². The highest BCUT2D eigenvalue weighted by Gasteiger charge is 2.13. The monoisotopic (exact) mass is 255 g/mol. The van der Waals surface area contributed by atoms with Gasteiger partial charge in [0.15, 0.2) is 0 Å². The first kappa shape index (κ1) is 15.5. The van der Waals surface area contributed by atoms with Gasteiger partial charge in [0.2, 0.25) is 0 Å². The molecule has 0 aliphatic heterocycles. The lowest BCUT2D eigenvalue weighted by atomic mass is 9.89. The predicted octanol–water partition coefficient (Wildman–Crippen LogP) is 4.22. The van der Waals surface area contributed by atoms with Crippen molar-refractivity contribution in [2.45, 2.75) is 39.2 Å². The molecule has 19 heavy (non-hydrogen) atoms. The predicted molar refractivity (Wildman–Crippen MR) is 84.2 cm³/mol. The third-order valence-electron chi connectivity index (χ3n) is 3.05. The van der Waals surface area contributed by atoms with E-state index in [4.69, 9.17) is 5.73 Å². The van der Waals surface area contributed by atoms with Gasteiger partial charge in [0.05, 0.1) is 0 Å². The highest BCUT2D eigenvalue weighted by Crippen LogP contribution is 2.19. The van der Waals surface area contributed by atoms with Gasteiger partial charge in [-0.2, -0.15) is 0 Å². The van der Waals surface area contributed by atoms with Crippen molar-refractivity contribution < 1.29 is 0 Å². The van der Waals surface area contributed by atoms with E-state index in [1.54, 1.807) is 0 Å². The van der Waals surface area contributed by atoms with E-state index in [2.05, 4.69) is 24.3 Å². The summed E-state index contributed by atoms with van der Waals surface area (Å²) in [6, 6.07) is 21.0. The molecule has 1 aliphatic rings. The van der Waals surface area contributed by atoms with Crippen molar-refractivity contribution in [3.05, 3.63) is 71.8 Å². The average molecular weight is 255 g/mol. The number of nitrogens with two attached hydrogens (primary N) is 1. The fourth-order valence-corrected chi connectivity index (χ4v) is 2.11. The first-order chi connectivity index (χ1) is 9.36. The van der Waals surface area contributed by atoms with Crippen LogP contribution in [0.1, 0.15) is 31.4 Å². The van der Waals surface area contributed by atoms with Gasteiger partial charge >= 0.3 is 0 Å². The first-order valence-electron chi connectivity index (χ1n) is 7.18. The van der Waals surface area contributed by atoms with Crippen LogP contribution in [0.3, 0.4) is 0 Å². The standard InChI is InChI=1S/C10H13N.C6H6.C2H6/c11-10-6-5-8-3-1-2-4-9(8)7-10;1-2-4-6-5-3-1;1-2/h1-4,10H,5-7,11H2;1-6H;1-2H3. The lowest BCUT2D eigenvalue weighted by Gasteiger charge is -2.20. The molecule has 2 aromatic carbocycles. The van der Waals surface area contributed by atoms with Crippen molar-refractivity contribution in [1.29, 1.82) is 0 Å². The second-order valence-corrected chi connectivity index (χ2v) is 4.43. The van der Waals surface area contributed by atoms with E-state index in [0.717, 1.165) is 19.3 Å². The van der Waals surface area contributed by atoms with Gasteiger partial charge in [0.25, 0.3) is 0 Å². The molecule has 0 heterocycles. The highest BCUT2D eigenvalue weighted by atomic mass is 14.6. The molecule has 0 amide bonds. The molecule has 102 valence electrons. The molecule has 2 aromatic rings. The molecule has 3 rings (SSSR count). The summed E-state index contributed by atoms with van der Waals surface area (Å²) in [7, 11) is 0. The normalized spacial score (nSPS) is 16.1. The Hall–Kier alpha value is -1.60. The van der Waals surface area contributed by atoms with Crippen LogP contribution >= 0.6 is 0 Å². The van der Waals surface area contributed by atoms with Crippen molar-refractivity contribution in [3.63, 3.8) is 0 Å². The molecule has 2 N–H and O–H groups in total. The molecule has 0 spiro atoms. The average Bonchev–Trinajstić information content (AvgIpc) is 2.51. The Morgan fingerprint density at radius 3 is 1.79 bits per heavy atom. The zero-order valence-electron chi connectivity index (χ0n) is 12.0. The Bertz CT molecular complexity index is 410. The van der Waals surface area contributed by atoms with Crippen molar-refractivity contribution in [2.24, 2.45) is 5.73 Å². The van der Waals surface area contributed by atoms with E-state index >= 15 is 0 Å². The van der Waals surface area contributed by atoms with E-state index < -0.39 is 0 Å². The van der Waals surface area contributed by atoms with Gasteiger partial charge in [-0.25, -0.2) is 0 Å². The van der Waals surface area contributed by atoms with Gasteiger partial charge in [-0.3, -0.25) is 0 Å². The smallest absolute Gasteiger partial charge is 0.00825 e. The Balaban J connectivity index is 0.000000192.